The summed E-state index contributed by atoms with van der Waals surface area (Å²) in [7, 11) is 0. The van der Waals surface area contributed by atoms with E-state index in [2.05, 4.69) is 36.4 Å². The third kappa shape index (κ3) is 5.76. The lowest BCUT2D eigenvalue weighted by Crippen LogP contribution is -2.34. The van der Waals surface area contributed by atoms with Gasteiger partial charge in [-0.25, -0.2) is 4.79 Å². The first-order chi connectivity index (χ1) is 19.7. The van der Waals surface area contributed by atoms with E-state index >= 15 is 0 Å². The van der Waals surface area contributed by atoms with Crippen molar-refractivity contribution in [3.8, 4) is 0 Å². The number of esters is 1. The molecule has 40 heavy (non-hydrogen) atoms. The maximum atomic E-state index is 14.5. The molecule has 0 saturated heterocycles. The molecule has 4 heteroatoms. The first-order valence-corrected chi connectivity index (χ1v) is 15.2. The molecule has 0 saturated carbocycles. The van der Waals surface area contributed by atoms with Crippen LogP contribution in [-0.2, 0) is 4.74 Å². The summed E-state index contributed by atoms with van der Waals surface area (Å²) in [5.74, 6) is -0.327. The molecule has 5 aromatic rings. The Balaban J connectivity index is 1.69. The van der Waals surface area contributed by atoms with Gasteiger partial charge in [0.2, 0.25) is 0 Å². The largest absolute Gasteiger partial charge is 0.462 e. The van der Waals surface area contributed by atoms with Crippen molar-refractivity contribution >= 4 is 39.8 Å². The number of hydrogen-bond donors (Lipinski definition) is 0. The Morgan fingerprint density at radius 2 is 0.875 bits per heavy atom. The summed E-state index contributed by atoms with van der Waals surface area (Å²) < 4.78 is 5.64. The van der Waals surface area contributed by atoms with E-state index in [0.29, 0.717) is 24.0 Å². The summed E-state index contributed by atoms with van der Waals surface area (Å²) in [6.07, 6.45) is 1.02. The second kappa shape index (κ2) is 13.1. The van der Waals surface area contributed by atoms with Crippen LogP contribution in [0.5, 0.6) is 0 Å². The van der Waals surface area contributed by atoms with Crippen LogP contribution in [0.25, 0.3) is 0 Å². The molecule has 0 aliphatic heterocycles. The summed E-state index contributed by atoms with van der Waals surface area (Å²) in [5, 5.41) is 4.20. The van der Waals surface area contributed by atoms with Crippen molar-refractivity contribution in [1.82, 2.24) is 0 Å². The summed E-state index contributed by atoms with van der Waals surface area (Å²) >= 11 is 0. The van der Waals surface area contributed by atoms with Crippen molar-refractivity contribution in [2.75, 3.05) is 6.61 Å². The molecule has 0 aliphatic carbocycles. The van der Waals surface area contributed by atoms with Gasteiger partial charge in [0.25, 0.3) is 0 Å². The van der Waals surface area contributed by atoms with Gasteiger partial charge in [-0.05, 0) is 47.8 Å². The highest BCUT2D eigenvalue weighted by atomic mass is 31.2. The molecule has 0 aliphatic rings. The molecule has 0 N–H and O–H groups in total. The minimum Gasteiger partial charge on any atom is -0.462 e. The van der Waals surface area contributed by atoms with Crippen molar-refractivity contribution in [2.45, 2.75) is 12.8 Å². The van der Waals surface area contributed by atoms with Crippen LogP contribution in [0, 0.1) is 0 Å². The van der Waals surface area contributed by atoms with E-state index in [1.165, 1.54) is 0 Å². The number of hydrogen-bond acceptors (Lipinski definition) is 3. The molecule has 0 amide bonds. The van der Waals surface area contributed by atoms with Gasteiger partial charge in [-0.3, -0.25) is 4.79 Å². The third-order valence-electron chi connectivity index (χ3n) is 6.93. The first-order valence-electron chi connectivity index (χ1n) is 13.5. The van der Waals surface area contributed by atoms with E-state index in [1.54, 1.807) is 12.1 Å². The van der Waals surface area contributed by atoms with Gasteiger partial charge in [-0.1, -0.05) is 140 Å². The Morgan fingerprint density at radius 3 is 1.30 bits per heavy atom. The maximum Gasteiger partial charge on any atom is 0.338 e. The highest BCUT2D eigenvalue weighted by Gasteiger charge is 2.33. The van der Waals surface area contributed by atoms with Gasteiger partial charge < -0.3 is 4.74 Å². The van der Waals surface area contributed by atoms with Crippen LogP contribution in [0.3, 0.4) is 0 Å². The molecule has 0 heterocycles. The standard InChI is InChI=1S/C36H31O3P/c37-35(29-17-6-1-7-18-29)34(27-16-28-39-36(38)30-19-8-2-9-20-30)40(31-21-10-3-11-22-31,32-23-12-4-13-24-32)33-25-14-5-15-26-33/h1-15,17-26H,16,27-28H2. The van der Waals surface area contributed by atoms with Gasteiger partial charge in [-0.2, -0.15) is 0 Å². The van der Waals surface area contributed by atoms with E-state index < -0.39 is 6.89 Å². The lowest BCUT2D eigenvalue weighted by molar-refractivity contribution is 0.0502. The monoisotopic (exact) mass is 542 g/mol. The van der Waals surface area contributed by atoms with Crippen LogP contribution >= 0.6 is 6.89 Å². The summed E-state index contributed by atoms with van der Waals surface area (Å²) in [5.41, 5.74) is 1.18. The zero-order valence-corrected chi connectivity index (χ0v) is 23.1. The average Bonchev–Trinajstić information content (AvgIpc) is 3.04. The molecule has 0 fully saturated rings. The van der Waals surface area contributed by atoms with Gasteiger partial charge in [0.05, 0.1) is 12.2 Å². The fourth-order valence-electron chi connectivity index (χ4n) is 5.12. The van der Waals surface area contributed by atoms with Crippen LogP contribution < -0.4 is 15.9 Å². The normalized spacial score (nSPS) is 11.0. The van der Waals surface area contributed by atoms with Crippen molar-refractivity contribution in [3.63, 3.8) is 0 Å². The fourth-order valence-corrected chi connectivity index (χ4v) is 9.74. The fraction of sp³-hybridized carbons (Fsp3) is 0.0833. The first kappa shape index (κ1) is 27.1. The molecule has 3 nitrogen and oxygen atoms in total. The lowest BCUT2D eigenvalue weighted by atomic mass is 10.1. The molecule has 0 bridgehead atoms. The Labute approximate surface area is 236 Å². The topological polar surface area (TPSA) is 43.4 Å². The molecular formula is C36H31O3P. The maximum absolute atomic E-state index is 14.5. The molecule has 5 aromatic carbocycles. The quantitative estimate of drug-likeness (QED) is 0.0857. The minimum atomic E-state index is -2.58. The van der Waals surface area contributed by atoms with Gasteiger partial charge >= 0.3 is 5.97 Å². The zero-order valence-electron chi connectivity index (χ0n) is 22.2. The number of ether oxygens (including phenoxy) is 1. The highest BCUT2D eigenvalue weighted by Crippen LogP contribution is 2.47. The Morgan fingerprint density at radius 1 is 0.500 bits per heavy atom. The molecule has 0 radical (unpaired) electrons. The molecule has 5 rings (SSSR count). The van der Waals surface area contributed by atoms with E-state index in [4.69, 9.17) is 4.74 Å². The average molecular weight is 543 g/mol. The smallest absolute Gasteiger partial charge is 0.338 e. The lowest BCUT2D eigenvalue weighted by Gasteiger charge is -2.32. The van der Waals surface area contributed by atoms with Crippen molar-refractivity contribution in [3.05, 3.63) is 163 Å². The molecule has 198 valence electrons. The van der Waals surface area contributed by atoms with Crippen LogP contribution in [0.15, 0.2) is 152 Å². The highest BCUT2D eigenvalue weighted by molar-refractivity contribution is 7.96. The predicted molar refractivity (Wildman–Crippen MR) is 167 cm³/mol. The van der Waals surface area contributed by atoms with Crippen LogP contribution in [-0.4, -0.2) is 23.7 Å². The van der Waals surface area contributed by atoms with E-state index in [0.717, 1.165) is 21.2 Å². The predicted octanol–water partition coefficient (Wildman–Crippen LogP) is 6.67. The van der Waals surface area contributed by atoms with Crippen molar-refractivity contribution < 1.29 is 14.3 Å². The summed E-state index contributed by atoms with van der Waals surface area (Å²) in [6.45, 7) is -2.36. The van der Waals surface area contributed by atoms with Gasteiger partial charge in [-0.15, -0.1) is 0 Å². The number of benzene rings is 5. The Bertz CT molecular complexity index is 1490. The number of ketones is 1. The van der Waals surface area contributed by atoms with Crippen molar-refractivity contribution in [2.24, 2.45) is 0 Å². The molecule has 0 atom stereocenters. The number of carbonyl (C=O) groups is 2. The zero-order chi connectivity index (χ0) is 27.6. The SMILES string of the molecule is O=C(OCCCC(C(=O)c1ccccc1)=P(c1ccccc1)(c1ccccc1)c1ccccc1)c1ccccc1. The van der Waals surface area contributed by atoms with Crippen LogP contribution in [0.4, 0.5) is 0 Å². The van der Waals surface area contributed by atoms with E-state index in [-0.39, 0.29) is 18.4 Å². The van der Waals surface area contributed by atoms with E-state index in [1.807, 2.05) is 103 Å². The summed E-state index contributed by atoms with van der Waals surface area (Å²) in [4.78, 5) is 27.2. The molecule has 0 spiro atoms. The Kier molecular flexibility index (Phi) is 8.86. The number of Topliss-reactive ketones (excluding diaryl/α,β-unsaturated/α-hetero) is 1. The van der Waals surface area contributed by atoms with Gasteiger partial charge in [0, 0.05) is 10.9 Å². The van der Waals surface area contributed by atoms with Crippen molar-refractivity contribution in [1.29, 1.82) is 0 Å². The molecular weight excluding hydrogens is 511 g/mol. The molecule has 0 aromatic heterocycles. The molecule has 0 unspecified atom stereocenters. The van der Waals surface area contributed by atoms with E-state index in [9.17, 15) is 9.59 Å². The minimum absolute atomic E-state index is 0.0277. The second-order valence-electron chi connectivity index (χ2n) is 9.42. The van der Waals surface area contributed by atoms with Gasteiger partial charge in [0.15, 0.2) is 5.78 Å². The second-order valence-corrected chi connectivity index (χ2v) is 12.9. The van der Waals surface area contributed by atoms with Crippen LogP contribution in [0.1, 0.15) is 33.6 Å². The van der Waals surface area contributed by atoms with Gasteiger partial charge in [0.1, 0.15) is 0 Å². The van der Waals surface area contributed by atoms with Crippen LogP contribution in [0.2, 0.25) is 0 Å². The number of rotatable bonds is 10. The Hall–Kier alpha value is -4.46. The number of carbonyl (C=O) groups excluding carboxylic acids is 2. The third-order valence-corrected chi connectivity index (χ3v) is 11.4. The summed E-state index contributed by atoms with van der Waals surface area (Å²) in [6, 6.07) is 49.6.